The summed E-state index contributed by atoms with van der Waals surface area (Å²) in [6, 6.07) is 19.1. The Kier molecular flexibility index (Phi) is 3.51. The second-order valence-corrected chi connectivity index (χ2v) is 5.62. The Hall–Kier alpha value is -1.80. The van der Waals surface area contributed by atoms with Gasteiger partial charge in [-0.2, -0.15) is 0 Å². The van der Waals surface area contributed by atoms with Gasteiger partial charge in [0.1, 0.15) is 0 Å². The molecule has 2 aromatic carbocycles. The first-order valence-electron chi connectivity index (χ1n) is 6.35. The number of rotatable bonds is 3. The lowest BCUT2D eigenvalue weighted by Crippen LogP contribution is -1.84. The molecule has 0 fully saturated rings. The summed E-state index contributed by atoms with van der Waals surface area (Å²) in [5.74, 6) is 0.994. The molecule has 0 aliphatic rings. The van der Waals surface area contributed by atoms with Gasteiger partial charge in [-0.25, -0.2) is 0 Å². The summed E-state index contributed by atoms with van der Waals surface area (Å²) in [4.78, 5) is 5.69. The number of nitrogens with zero attached hydrogens (tertiary/aromatic N) is 1. The summed E-state index contributed by atoms with van der Waals surface area (Å²) >= 11 is 1.87. The van der Waals surface area contributed by atoms with E-state index in [1.165, 1.54) is 21.4 Å². The van der Waals surface area contributed by atoms with Crippen molar-refractivity contribution in [2.45, 2.75) is 17.6 Å². The summed E-state index contributed by atoms with van der Waals surface area (Å²) < 4.78 is 0. The quantitative estimate of drug-likeness (QED) is 0.629. The molecule has 3 aromatic rings. The molecule has 0 aliphatic heterocycles. The second kappa shape index (κ2) is 5.45. The van der Waals surface area contributed by atoms with Gasteiger partial charge in [-0.05, 0) is 24.6 Å². The van der Waals surface area contributed by atoms with Gasteiger partial charge >= 0.3 is 0 Å². The van der Waals surface area contributed by atoms with Gasteiger partial charge in [-0.15, -0.1) is 11.8 Å². The van der Waals surface area contributed by atoms with E-state index in [1.807, 2.05) is 24.0 Å². The van der Waals surface area contributed by atoms with Crippen molar-refractivity contribution >= 4 is 22.7 Å². The largest absolute Gasteiger partial charge is 0.256 e. The van der Waals surface area contributed by atoms with Gasteiger partial charge in [0.15, 0.2) is 0 Å². The van der Waals surface area contributed by atoms with Crippen LogP contribution in [0.2, 0.25) is 0 Å². The van der Waals surface area contributed by atoms with Crippen molar-refractivity contribution in [2.75, 3.05) is 0 Å². The van der Waals surface area contributed by atoms with Gasteiger partial charge < -0.3 is 0 Å². The van der Waals surface area contributed by atoms with E-state index >= 15 is 0 Å². The second-order valence-electron chi connectivity index (χ2n) is 4.60. The maximum absolute atomic E-state index is 4.40. The normalized spacial score (nSPS) is 10.8. The van der Waals surface area contributed by atoms with Crippen molar-refractivity contribution in [3.63, 3.8) is 0 Å². The van der Waals surface area contributed by atoms with Crippen LogP contribution in [0.4, 0.5) is 0 Å². The highest BCUT2D eigenvalue weighted by Gasteiger charge is 2.02. The Bertz CT molecular complexity index is 684. The van der Waals surface area contributed by atoms with E-state index in [4.69, 9.17) is 0 Å². The molecule has 0 saturated carbocycles. The minimum Gasteiger partial charge on any atom is -0.256 e. The van der Waals surface area contributed by atoms with E-state index in [-0.39, 0.29) is 0 Å². The summed E-state index contributed by atoms with van der Waals surface area (Å²) in [5.41, 5.74) is 3.73. The molecule has 0 aliphatic carbocycles. The fraction of sp³-hybridized carbons (Fsp3) is 0.118. The minimum absolute atomic E-state index is 0.994. The van der Waals surface area contributed by atoms with Gasteiger partial charge in [0, 0.05) is 22.2 Å². The summed E-state index contributed by atoms with van der Waals surface area (Å²) in [6.45, 7) is 2.12. The van der Waals surface area contributed by atoms with Crippen LogP contribution in [0.15, 0.2) is 65.7 Å². The zero-order chi connectivity index (χ0) is 13.1. The van der Waals surface area contributed by atoms with Gasteiger partial charge in [-0.1, -0.05) is 48.0 Å². The topological polar surface area (TPSA) is 12.9 Å². The van der Waals surface area contributed by atoms with Gasteiger partial charge in [0.2, 0.25) is 0 Å². The molecule has 0 spiro atoms. The third-order valence-electron chi connectivity index (χ3n) is 3.12. The Labute approximate surface area is 117 Å². The standard InChI is InChI=1S/C17H15NS/c1-13-6-8-14(9-7-13)12-19-17-10-11-18-16-5-3-2-4-15(16)17/h2-11H,12H2,1H3. The first kappa shape index (κ1) is 12.2. The monoisotopic (exact) mass is 265 g/mol. The number of aromatic nitrogens is 1. The van der Waals surface area contributed by atoms with Crippen LogP contribution < -0.4 is 0 Å². The summed E-state index contributed by atoms with van der Waals surface area (Å²) in [5, 5.41) is 1.24. The molecule has 0 unspecified atom stereocenters. The van der Waals surface area contributed by atoms with E-state index in [0.717, 1.165) is 11.3 Å². The van der Waals surface area contributed by atoms with E-state index in [2.05, 4.69) is 60.4 Å². The maximum atomic E-state index is 4.40. The zero-order valence-electron chi connectivity index (χ0n) is 10.8. The highest BCUT2D eigenvalue weighted by Crippen LogP contribution is 2.29. The molecule has 0 bridgehead atoms. The van der Waals surface area contributed by atoms with Crippen molar-refractivity contribution in [1.82, 2.24) is 4.98 Å². The molecule has 19 heavy (non-hydrogen) atoms. The Morgan fingerprint density at radius 1 is 0.947 bits per heavy atom. The minimum atomic E-state index is 0.994. The van der Waals surface area contributed by atoms with Crippen LogP contribution in [0.25, 0.3) is 10.9 Å². The maximum Gasteiger partial charge on any atom is 0.0713 e. The van der Waals surface area contributed by atoms with Crippen LogP contribution in [0.1, 0.15) is 11.1 Å². The molecular formula is C17H15NS. The number of thioether (sulfide) groups is 1. The van der Waals surface area contributed by atoms with Gasteiger partial charge in [0.05, 0.1) is 5.52 Å². The molecule has 1 aromatic heterocycles. The molecule has 1 heterocycles. The summed E-state index contributed by atoms with van der Waals surface area (Å²) in [7, 11) is 0. The van der Waals surface area contributed by atoms with Crippen molar-refractivity contribution in [1.29, 1.82) is 0 Å². The van der Waals surface area contributed by atoms with Crippen molar-refractivity contribution < 1.29 is 0 Å². The highest BCUT2D eigenvalue weighted by molar-refractivity contribution is 7.98. The predicted molar refractivity (Wildman–Crippen MR) is 82.5 cm³/mol. The van der Waals surface area contributed by atoms with Crippen LogP contribution in [0.3, 0.4) is 0 Å². The van der Waals surface area contributed by atoms with E-state index in [0.29, 0.717) is 0 Å². The number of para-hydroxylation sites is 1. The lowest BCUT2D eigenvalue weighted by Gasteiger charge is -2.06. The molecule has 2 heteroatoms. The number of benzene rings is 2. The van der Waals surface area contributed by atoms with Gasteiger partial charge in [0.25, 0.3) is 0 Å². The SMILES string of the molecule is Cc1ccc(CSc2ccnc3ccccc23)cc1. The average molecular weight is 265 g/mol. The number of hydrogen-bond donors (Lipinski definition) is 0. The van der Waals surface area contributed by atoms with Crippen LogP contribution >= 0.6 is 11.8 Å². The Morgan fingerprint density at radius 3 is 2.58 bits per heavy atom. The first-order valence-corrected chi connectivity index (χ1v) is 7.33. The fourth-order valence-electron chi connectivity index (χ4n) is 2.04. The number of fused-ring (bicyclic) bond motifs is 1. The molecular weight excluding hydrogens is 250 g/mol. The number of pyridine rings is 1. The highest BCUT2D eigenvalue weighted by atomic mass is 32.2. The number of hydrogen-bond acceptors (Lipinski definition) is 2. The molecule has 0 radical (unpaired) electrons. The third-order valence-corrected chi connectivity index (χ3v) is 4.27. The average Bonchev–Trinajstić information content (AvgIpc) is 2.47. The molecule has 3 rings (SSSR count). The molecule has 0 saturated heterocycles. The third kappa shape index (κ3) is 2.79. The predicted octanol–water partition coefficient (Wildman–Crippen LogP) is 4.84. The van der Waals surface area contributed by atoms with Crippen molar-refractivity contribution in [3.8, 4) is 0 Å². The zero-order valence-corrected chi connectivity index (χ0v) is 11.7. The summed E-state index contributed by atoms with van der Waals surface area (Å²) in [6.07, 6.45) is 1.89. The Balaban J connectivity index is 1.84. The smallest absolute Gasteiger partial charge is 0.0713 e. The van der Waals surface area contributed by atoms with Crippen LogP contribution in [-0.2, 0) is 5.75 Å². The first-order chi connectivity index (χ1) is 9.33. The fourth-order valence-corrected chi connectivity index (χ4v) is 3.04. The van der Waals surface area contributed by atoms with Crippen molar-refractivity contribution in [3.05, 3.63) is 71.9 Å². The van der Waals surface area contributed by atoms with Crippen LogP contribution in [0.5, 0.6) is 0 Å². The van der Waals surface area contributed by atoms with Crippen LogP contribution in [0, 0.1) is 6.92 Å². The number of aryl methyl sites for hydroxylation is 1. The van der Waals surface area contributed by atoms with Crippen LogP contribution in [-0.4, -0.2) is 4.98 Å². The van der Waals surface area contributed by atoms with E-state index < -0.39 is 0 Å². The molecule has 0 amide bonds. The Morgan fingerprint density at radius 2 is 1.74 bits per heavy atom. The lowest BCUT2D eigenvalue weighted by atomic mass is 10.2. The van der Waals surface area contributed by atoms with Crippen molar-refractivity contribution in [2.24, 2.45) is 0 Å². The molecule has 94 valence electrons. The molecule has 0 N–H and O–H groups in total. The molecule has 1 nitrogen and oxygen atoms in total. The van der Waals surface area contributed by atoms with Gasteiger partial charge in [-0.3, -0.25) is 4.98 Å². The lowest BCUT2D eigenvalue weighted by molar-refractivity contribution is 1.33. The van der Waals surface area contributed by atoms with E-state index in [1.54, 1.807) is 0 Å². The van der Waals surface area contributed by atoms with E-state index in [9.17, 15) is 0 Å². The molecule has 0 atom stereocenters.